The number of nitrogens with zero attached hydrogens (tertiary/aromatic N) is 2. The first-order valence-electron chi connectivity index (χ1n) is 10.9. The molecule has 2 rings (SSSR count). The van der Waals surface area contributed by atoms with E-state index in [1.165, 1.54) is 25.9 Å². The van der Waals surface area contributed by atoms with E-state index in [9.17, 15) is 0 Å². The molecule has 2 atom stereocenters. The molecule has 6 heteroatoms. The summed E-state index contributed by atoms with van der Waals surface area (Å²) in [5, 5.41) is 6.81. The number of piperidine rings is 1. The van der Waals surface area contributed by atoms with Crippen LogP contribution >= 0.6 is 0 Å². The van der Waals surface area contributed by atoms with Gasteiger partial charge in [0, 0.05) is 44.3 Å². The molecule has 0 aromatic carbocycles. The highest BCUT2D eigenvalue weighted by Crippen LogP contribution is 2.24. The maximum atomic E-state index is 5.78. The predicted octanol–water partition coefficient (Wildman–Crippen LogP) is 2.50. The van der Waals surface area contributed by atoms with Gasteiger partial charge in [-0.25, -0.2) is 0 Å². The average molecular weight is 383 g/mol. The molecule has 0 aromatic heterocycles. The fourth-order valence-corrected chi connectivity index (χ4v) is 3.80. The van der Waals surface area contributed by atoms with E-state index in [4.69, 9.17) is 14.5 Å². The van der Waals surface area contributed by atoms with Crippen molar-refractivity contribution in [3.05, 3.63) is 0 Å². The lowest BCUT2D eigenvalue weighted by molar-refractivity contribution is 0.0774. The van der Waals surface area contributed by atoms with Crippen molar-refractivity contribution in [3.63, 3.8) is 0 Å². The highest BCUT2D eigenvalue weighted by molar-refractivity contribution is 5.79. The van der Waals surface area contributed by atoms with Gasteiger partial charge in [-0.2, -0.15) is 0 Å². The molecule has 2 unspecified atom stereocenters. The van der Waals surface area contributed by atoms with E-state index in [1.54, 1.807) is 0 Å². The van der Waals surface area contributed by atoms with Crippen LogP contribution in [0.15, 0.2) is 4.99 Å². The quantitative estimate of drug-likeness (QED) is 0.345. The molecule has 6 nitrogen and oxygen atoms in total. The summed E-state index contributed by atoms with van der Waals surface area (Å²) in [6.45, 7) is 17.4. The van der Waals surface area contributed by atoms with E-state index < -0.39 is 0 Å². The minimum Gasteiger partial charge on any atom is -0.381 e. The topological polar surface area (TPSA) is 58.1 Å². The highest BCUT2D eigenvalue weighted by Gasteiger charge is 2.30. The zero-order valence-electron chi connectivity index (χ0n) is 18.1. The Hall–Kier alpha value is -0.850. The minimum atomic E-state index is 0.101. The summed E-state index contributed by atoms with van der Waals surface area (Å²) >= 11 is 0. The third-order valence-electron chi connectivity index (χ3n) is 5.62. The molecule has 0 aromatic rings. The summed E-state index contributed by atoms with van der Waals surface area (Å²) in [5.41, 5.74) is 0.101. The summed E-state index contributed by atoms with van der Waals surface area (Å²) in [4.78, 5) is 7.47. The molecule has 0 aliphatic carbocycles. The maximum absolute atomic E-state index is 5.78. The van der Waals surface area contributed by atoms with Crippen molar-refractivity contribution in [1.29, 1.82) is 0 Å². The Kier molecular flexibility index (Phi) is 9.87. The molecule has 2 aliphatic heterocycles. The Balaban J connectivity index is 1.67. The Morgan fingerprint density at radius 3 is 2.85 bits per heavy atom. The molecule has 0 radical (unpaired) electrons. The van der Waals surface area contributed by atoms with Crippen molar-refractivity contribution in [2.24, 2.45) is 16.8 Å². The number of guanidine groups is 1. The SMILES string of the molecule is CCNC(=NCC(C)(C)N1CCCC(C)C1)NCCCOCC1CCOC1. The van der Waals surface area contributed by atoms with Crippen LogP contribution in [0.2, 0.25) is 0 Å². The van der Waals surface area contributed by atoms with Gasteiger partial charge in [0.15, 0.2) is 5.96 Å². The Bertz CT molecular complexity index is 436. The Labute approximate surface area is 166 Å². The first kappa shape index (κ1) is 22.4. The second kappa shape index (κ2) is 11.9. The molecule has 0 spiro atoms. The van der Waals surface area contributed by atoms with Crippen LogP contribution in [-0.4, -0.2) is 75.5 Å². The van der Waals surface area contributed by atoms with Crippen molar-refractivity contribution in [2.45, 2.75) is 58.9 Å². The van der Waals surface area contributed by atoms with Crippen molar-refractivity contribution >= 4 is 5.96 Å². The molecule has 27 heavy (non-hydrogen) atoms. The van der Waals surface area contributed by atoms with Crippen molar-refractivity contribution in [1.82, 2.24) is 15.5 Å². The van der Waals surface area contributed by atoms with Crippen LogP contribution < -0.4 is 10.6 Å². The van der Waals surface area contributed by atoms with Gasteiger partial charge in [-0.05, 0) is 58.9 Å². The van der Waals surface area contributed by atoms with E-state index in [0.717, 1.165) is 70.8 Å². The van der Waals surface area contributed by atoms with Gasteiger partial charge in [0.1, 0.15) is 0 Å². The van der Waals surface area contributed by atoms with Gasteiger partial charge >= 0.3 is 0 Å². The molecule has 2 N–H and O–H groups in total. The fourth-order valence-electron chi connectivity index (χ4n) is 3.80. The summed E-state index contributed by atoms with van der Waals surface area (Å²) < 4.78 is 11.2. The van der Waals surface area contributed by atoms with E-state index in [2.05, 4.69) is 43.2 Å². The van der Waals surface area contributed by atoms with Gasteiger partial charge in [0.05, 0.1) is 19.8 Å². The molecule has 2 heterocycles. The summed E-state index contributed by atoms with van der Waals surface area (Å²) in [7, 11) is 0. The second-order valence-electron chi connectivity index (χ2n) is 8.79. The van der Waals surface area contributed by atoms with Gasteiger partial charge in [0.2, 0.25) is 0 Å². The molecule has 2 fully saturated rings. The van der Waals surface area contributed by atoms with Crippen LogP contribution in [-0.2, 0) is 9.47 Å². The van der Waals surface area contributed by atoms with Crippen LogP contribution in [0.4, 0.5) is 0 Å². The lowest BCUT2D eigenvalue weighted by Gasteiger charge is -2.42. The number of likely N-dealkylation sites (tertiary alicyclic amines) is 1. The van der Waals surface area contributed by atoms with E-state index >= 15 is 0 Å². The number of ether oxygens (including phenoxy) is 2. The summed E-state index contributed by atoms with van der Waals surface area (Å²) in [6, 6.07) is 0. The van der Waals surface area contributed by atoms with Crippen LogP contribution in [0.25, 0.3) is 0 Å². The summed E-state index contributed by atoms with van der Waals surface area (Å²) in [6.07, 6.45) is 4.79. The van der Waals surface area contributed by atoms with Crippen LogP contribution in [0, 0.1) is 11.8 Å². The van der Waals surface area contributed by atoms with Crippen molar-refractivity contribution < 1.29 is 9.47 Å². The zero-order chi connectivity index (χ0) is 19.5. The first-order valence-corrected chi connectivity index (χ1v) is 10.9. The average Bonchev–Trinajstić information content (AvgIpc) is 3.16. The Morgan fingerprint density at radius 2 is 2.15 bits per heavy atom. The molecule has 2 saturated heterocycles. The van der Waals surface area contributed by atoms with Gasteiger partial charge < -0.3 is 20.1 Å². The molecule has 0 amide bonds. The lowest BCUT2D eigenvalue weighted by Crippen LogP contribution is -2.51. The van der Waals surface area contributed by atoms with Crippen LogP contribution in [0.1, 0.15) is 53.4 Å². The minimum absolute atomic E-state index is 0.101. The maximum Gasteiger partial charge on any atom is 0.191 e. The number of rotatable bonds is 10. The van der Waals surface area contributed by atoms with E-state index in [-0.39, 0.29) is 5.54 Å². The molecular formula is C21H42N4O2. The number of hydrogen-bond acceptors (Lipinski definition) is 4. The summed E-state index contributed by atoms with van der Waals surface area (Å²) in [5.74, 6) is 2.31. The first-order chi connectivity index (χ1) is 13.0. The third kappa shape index (κ3) is 8.36. The smallest absolute Gasteiger partial charge is 0.191 e. The van der Waals surface area contributed by atoms with Gasteiger partial charge in [-0.1, -0.05) is 6.92 Å². The van der Waals surface area contributed by atoms with Crippen molar-refractivity contribution in [3.8, 4) is 0 Å². The number of hydrogen-bond donors (Lipinski definition) is 2. The monoisotopic (exact) mass is 382 g/mol. The lowest BCUT2D eigenvalue weighted by atomic mass is 9.94. The second-order valence-corrected chi connectivity index (χ2v) is 8.79. The largest absolute Gasteiger partial charge is 0.381 e. The standard InChI is InChI=1S/C21H42N4O2/c1-5-22-20(23-10-7-12-26-15-19-9-13-27-16-19)24-17-21(3,4)25-11-6-8-18(2)14-25/h18-19H,5-17H2,1-4H3,(H2,22,23,24). The molecule has 0 bridgehead atoms. The molecule has 0 saturated carbocycles. The van der Waals surface area contributed by atoms with Crippen LogP contribution in [0.3, 0.4) is 0 Å². The van der Waals surface area contributed by atoms with E-state index in [0.29, 0.717) is 5.92 Å². The number of nitrogens with one attached hydrogen (secondary N) is 2. The van der Waals surface area contributed by atoms with E-state index in [1.807, 2.05) is 0 Å². The fraction of sp³-hybridized carbons (Fsp3) is 0.952. The van der Waals surface area contributed by atoms with Gasteiger partial charge in [0.25, 0.3) is 0 Å². The number of aliphatic imine (C=N–C) groups is 1. The van der Waals surface area contributed by atoms with Gasteiger partial charge in [-0.3, -0.25) is 9.89 Å². The van der Waals surface area contributed by atoms with Crippen LogP contribution in [0.5, 0.6) is 0 Å². The Morgan fingerprint density at radius 1 is 1.30 bits per heavy atom. The normalized spacial score (nSPS) is 25.0. The molecular weight excluding hydrogens is 340 g/mol. The molecule has 2 aliphatic rings. The highest BCUT2D eigenvalue weighted by atomic mass is 16.5. The zero-order valence-corrected chi connectivity index (χ0v) is 18.1. The third-order valence-corrected chi connectivity index (χ3v) is 5.62. The predicted molar refractivity (Wildman–Crippen MR) is 112 cm³/mol. The van der Waals surface area contributed by atoms with Gasteiger partial charge in [-0.15, -0.1) is 0 Å². The van der Waals surface area contributed by atoms with Crippen molar-refractivity contribution in [2.75, 3.05) is 59.2 Å². The molecule has 158 valence electrons.